The van der Waals surface area contributed by atoms with Crippen LogP contribution in [0.1, 0.15) is 22.8 Å². The standard InChI is InChI=1S/C15H15FN2O2/c1-3-20-15-13(5-4-8-17-15)18-14(19)11-7-6-10(2)9-12(11)16/h4-9H,3H2,1-2H3,(H,18,19). The van der Waals surface area contributed by atoms with Crippen LogP contribution in [-0.4, -0.2) is 17.5 Å². The van der Waals surface area contributed by atoms with E-state index in [2.05, 4.69) is 10.3 Å². The maximum absolute atomic E-state index is 13.7. The van der Waals surface area contributed by atoms with E-state index < -0.39 is 11.7 Å². The minimum atomic E-state index is -0.552. The third-order valence-corrected chi connectivity index (χ3v) is 2.67. The topological polar surface area (TPSA) is 51.2 Å². The molecule has 2 aromatic rings. The molecule has 1 aromatic carbocycles. The Morgan fingerprint density at radius 1 is 1.40 bits per heavy atom. The van der Waals surface area contributed by atoms with E-state index in [1.807, 2.05) is 6.92 Å². The largest absolute Gasteiger partial charge is 0.476 e. The number of aromatic nitrogens is 1. The van der Waals surface area contributed by atoms with E-state index in [1.54, 1.807) is 31.3 Å². The van der Waals surface area contributed by atoms with Crippen molar-refractivity contribution in [2.45, 2.75) is 13.8 Å². The number of hydrogen-bond donors (Lipinski definition) is 1. The average Bonchev–Trinajstić information content (AvgIpc) is 2.41. The Kier molecular flexibility index (Phi) is 4.30. The Labute approximate surface area is 116 Å². The molecule has 0 radical (unpaired) electrons. The van der Waals surface area contributed by atoms with E-state index in [0.29, 0.717) is 18.2 Å². The molecule has 0 spiro atoms. The van der Waals surface area contributed by atoms with Gasteiger partial charge in [-0.2, -0.15) is 0 Å². The van der Waals surface area contributed by atoms with Crippen LogP contribution in [0.25, 0.3) is 0 Å². The van der Waals surface area contributed by atoms with Gasteiger partial charge >= 0.3 is 0 Å². The molecule has 1 amide bonds. The molecular weight excluding hydrogens is 259 g/mol. The first kappa shape index (κ1) is 14.0. The van der Waals surface area contributed by atoms with Crippen molar-refractivity contribution >= 4 is 11.6 Å². The first-order valence-corrected chi connectivity index (χ1v) is 6.27. The molecule has 0 saturated carbocycles. The summed E-state index contributed by atoms with van der Waals surface area (Å²) >= 11 is 0. The number of carbonyl (C=O) groups is 1. The first-order chi connectivity index (χ1) is 9.61. The van der Waals surface area contributed by atoms with Gasteiger partial charge in [-0.15, -0.1) is 0 Å². The maximum atomic E-state index is 13.7. The molecule has 0 bridgehead atoms. The molecule has 1 N–H and O–H groups in total. The fourth-order valence-corrected chi connectivity index (χ4v) is 1.73. The highest BCUT2D eigenvalue weighted by Crippen LogP contribution is 2.22. The summed E-state index contributed by atoms with van der Waals surface area (Å²) in [4.78, 5) is 16.1. The van der Waals surface area contributed by atoms with Gasteiger partial charge in [-0.1, -0.05) is 6.07 Å². The van der Waals surface area contributed by atoms with Gasteiger partial charge < -0.3 is 10.1 Å². The normalized spacial score (nSPS) is 10.2. The van der Waals surface area contributed by atoms with E-state index in [9.17, 15) is 9.18 Å². The van der Waals surface area contributed by atoms with Crippen molar-refractivity contribution in [2.75, 3.05) is 11.9 Å². The summed E-state index contributed by atoms with van der Waals surface area (Å²) in [5, 5.41) is 2.61. The SMILES string of the molecule is CCOc1ncccc1NC(=O)c1ccc(C)cc1F. The number of nitrogens with one attached hydrogen (secondary N) is 1. The lowest BCUT2D eigenvalue weighted by Crippen LogP contribution is -2.15. The lowest BCUT2D eigenvalue weighted by atomic mass is 10.1. The molecule has 0 saturated heterocycles. The Morgan fingerprint density at radius 2 is 2.20 bits per heavy atom. The number of benzene rings is 1. The quantitative estimate of drug-likeness (QED) is 0.931. The molecule has 0 atom stereocenters. The number of aryl methyl sites for hydroxylation is 1. The Morgan fingerprint density at radius 3 is 2.90 bits per heavy atom. The predicted octanol–water partition coefficient (Wildman–Crippen LogP) is 3.18. The van der Waals surface area contributed by atoms with Crippen molar-refractivity contribution in [3.8, 4) is 5.88 Å². The summed E-state index contributed by atoms with van der Waals surface area (Å²) in [5.41, 5.74) is 1.16. The van der Waals surface area contributed by atoms with Crippen molar-refractivity contribution in [3.63, 3.8) is 0 Å². The molecule has 0 aliphatic carbocycles. The number of nitrogens with zero attached hydrogens (tertiary/aromatic N) is 1. The molecule has 4 nitrogen and oxygen atoms in total. The third-order valence-electron chi connectivity index (χ3n) is 2.67. The number of hydrogen-bond acceptors (Lipinski definition) is 3. The van der Waals surface area contributed by atoms with E-state index >= 15 is 0 Å². The minimum absolute atomic E-state index is 0.0121. The fourth-order valence-electron chi connectivity index (χ4n) is 1.73. The van der Waals surface area contributed by atoms with E-state index in [1.165, 1.54) is 12.1 Å². The summed E-state index contributed by atoms with van der Waals surface area (Å²) in [6.45, 7) is 4.01. The van der Waals surface area contributed by atoms with Gasteiger partial charge in [0.2, 0.25) is 5.88 Å². The zero-order valence-corrected chi connectivity index (χ0v) is 11.3. The number of carbonyl (C=O) groups excluding carboxylic acids is 1. The van der Waals surface area contributed by atoms with Crippen molar-refractivity contribution in [1.82, 2.24) is 4.98 Å². The summed E-state index contributed by atoms with van der Waals surface area (Å²) in [6.07, 6.45) is 1.56. The summed E-state index contributed by atoms with van der Waals surface area (Å²) in [7, 11) is 0. The molecular formula is C15H15FN2O2. The third kappa shape index (κ3) is 3.12. The summed E-state index contributed by atoms with van der Waals surface area (Å²) in [6, 6.07) is 7.79. The van der Waals surface area contributed by atoms with Gasteiger partial charge in [0.1, 0.15) is 11.5 Å². The highest BCUT2D eigenvalue weighted by Gasteiger charge is 2.14. The number of ether oxygens (including phenoxy) is 1. The van der Waals surface area contributed by atoms with E-state index in [-0.39, 0.29) is 5.56 Å². The van der Waals surface area contributed by atoms with Gasteiger partial charge in [0.05, 0.1) is 12.2 Å². The predicted molar refractivity (Wildman–Crippen MR) is 74.5 cm³/mol. The van der Waals surface area contributed by atoms with Crippen LogP contribution >= 0.6 is 0 Å². The molecule has 1 heterocycles. The van der Waals surface area contributed by atoms with Crippen LogP contribution in [-0.2, 0) is 0 Å². The van der Waals surface area contributed by atoms with E-state index in [4.69, 9.17) is 4.74 Å². The lowest BCUT2D eigenvalue weighted by Gasteiger charge is -2.10. The van der Waals surface area contributed by atoms with Crippen molar-refractivity contribution in [2.24, 2.45) is 0 Å². The monoisotopic (exact) mass is 274 g/mol. The zero-order chi connectivity index (χ0) is 14.5. The summed E-state index contributed by atoms with van der Waals surface area (Å²) < 4.78 is 19.0. The Bertz CT molecular complexity index is 629. The van der Waals surface area contributed by atoms with Gasteiger partial charge in [0.25, 0.3) is 5.91 Å². The first-order valence-electron chi connectivity index (χ1n) is 6.27. The van der Waals surface area contributed by atoms with Gasteiger partial charge in [-0.3, -0.25) is 4.79 Å². The van der Waals surface area contributed by atoms with Crippen LogP contribution in [0.5, 0.6) is 5.88 Å². The van der Waals surface area contributed by atoms with Crippen molar-refractivity contribution < 1.29 is 13.9 Å². The second-order valence-electron chi connectivity index (χ2n) is 4.23. The molecule has 0 unspecified atom stereocenters. The van der Waals surface area contributed by atoms with Crippen LogP contribution in [0, 0.1) is 12.7 Å². The van der Waals surface area contributed by atoms with Crippen LogP contribution in [0.15, 0.2) is 36.5 Å². The molecule has 0 fully saturated rings. The van der Waals surface area contributed by atoms with Crippen molar-refractivity contribution in [3.05, 3.63) is 53.5 Å². The highest BCUT2D eigenvalue weighted by molar-refractivity contribution is 6.05. The van der Waals surface area contributed by atoms with Crippen LogP contribution < -0.4 is 10.1 Å². The average molecular weight is 274 g/mol. The van der Waals surface area contributed by atoms with Crippen LogP contribution in [0.4, 0.5) is 10.1 Å². The number of pyridine rings is 1. The number of amides is 1. The van der Waals surface area contributed by atoms with Gasteiger partial charge in [0.15, 0.2) is 0 Å². The smallest absolute Gasteiger partial charge is 0.258 e. The molecule has 1 aromatic heterocycles. The van der Waals surface area contributed by atoms with Gasteiger partial charge in [0, 0.05) is 6.20 Å². The molecule has 5 heteroatoms. The molecule has 2 rings (SSSR count). The zero-order valence-electron chi connectivity index (χ0n) is 11.3. The molecule has 0 aliphatic rings. The van der Waals surface area contributed by atoms with Gasteiger partial charge in [-0.25, -0.2) is 9.37 Å². The number of rotatable bonds is 4. The van der Waals surface area contributed by atoms with Crippen LogP contribution in [0.3, 0.4) is 0 Å². The van der Waals surface area contributed by atoms with E-state index in [0.717, 1.165) is 5.56 Å². The minimum Gasteiger partial charge on any atom is -0.476 e. The lowest BCUT2D eigenvalue weighted by molar-refractivity contribution is 0.102. The molecule has 0 aliphatic heterocycles. The second kappa shape index (κ2) is 6.14. The van der Waals surface area contributed by atoms with Crippen molar-refractivity contribution in [1.29, 1.82) is 0 Å². The van der Waals surface area contributed by atoms with Crippen LogP contribution in [0.2, 0.25) is 0 Å². The summed E-state index contributed by atoms with van der Waals surface area (Å²) in [5.74, 6) is -0.767. The molecule has 20 heavy (non-hydrogen) atoms. The Balaban J connectivity index is 2.23. The maximum Gasteiger partial charge on any atom is 0.258 e. The highest BCUT2D eigenvalue weighted by atomic mass is 19.1. The number of anilines is 1. The second-order valence-corrected chi connectivity index (χ2v) is 4.23. The number of halogens is 1. The Hall–Kier alpha value is -2.43. The van der Waals surface area contributed by atoms with Gasteiger partial charge in [-0.05, 0) is 43.7 Å². The fraction of sp³-hybridized carbons (Fsp3) is 0.200. The molecule has 104 valence electrons.